The van der Waals surface area contributed by atoms with Crippen molar-refractivity contribution in [3.63, 3.8) is 0 Å². The Kier molecular flexibility index (Phi) is 5.25. The minimum absolute atomic E-state index is 0.0695. The Morgan fingerprint density at radius 2 is 2.00 bits per heavy atom. The van der Waals surface area contributed by atoms with Crippen molar-refractivity contribution in [2.45, 2.75) is 26.2 Å². The summed E-state index contributed by atoms with van der Waals surface area (Å²) >= 11 is 0. The quantitative estimate of drug-likeness (QED) is 0.690. The summed E-state index contributed by atoms with van der Waals surface area (Å²) in [6, 6.07) is 9.94. The van der Waals surface area contributed by atoms with Gasteiger partial charge in [0.2, 0.25) is 0 Å². The Balaban J connectivity index is 1.57. The van der Waals surface area contributed by atoms with E-state index in [-0.39, 0.29) is 5.75 Å². The van der Waals surface area contributed by atoms with Crippen LogP contribution < -0.4 is 10.1 Å². The maximum absolute atomic E-state index is 12.1. The van der Waals surface area contributed by atoms with E-state index in [1.165, 1.54) is 12.1 Å². The molecule has 3 rings (SSSR count). The summed E-state index contributed by atoms with van der Waals surface area (Å²) in [4.78, 5) is 4.39. The van der Waals surface area contributed by atoms with Gasteiger partial charge in [0.05, 0.1) is 18.0 Å². The minimum atomic E-state index is -2.86. The van der Waals surface area contributed by atoms with E-state index in [1.807, 2.05) is 29.7 Å². The van der Waals surface area contributed by atoms with Crippen LogP contribution in [0.5, 0.6) is 5.75 Å². The standard InChI is InChI=1S/C18H19F2N3O2/c1-12-3-2-8-23-14(10-22-17(12)23)9-21-11-16(24)13-4-6-15(7-5-13)25-18(19)20/h2-8,10,16,18,21,24H,9,11H2,1H3. The van der Waals surface area contributed by atoms with Crippen molar-refractivity contribution in [3.8, 4) is 5.75 Å². The number of aromatic nitrogens is 2. The van der Waals surface area contributed by atoms with Gasteiger partial charge in [-0.2, -0.15) is 8.78 Å². The van der Waals surface area contributed by atoms with Crippen LogP contribution in [0.15, 0.2) is 48.8 Å². The molecular weight excluding hydrogens is 328 g/mol. The molecule has 3 aromatic rings. The van der Waals surface area contributed by atoms with Gasteiger partial charge in [-0.05, 0) is 36.2 Å². The number of halogens is 2. The van der Waals surface area contributed by atoms with Crippen LogP contribution >= 0.6 is 0 Å². The van der Waals surface area contributed by atoms with E-state index < -0.39 is 12.7 Å². The highest BCUT2D eigenvalue weighted by atomic mass is 19.3. The van der Waals surface area contributed by atoms with Gasteiger partial charge in [0.15, 0.2) is 0 Å². The second-order valence-electron chi connectivity index (χ2n) is 5.73. The van der Waals surface area contributed by atoms with Crippen LogP contribution in [0.25, 0.3) is 5.65 Å². The first-order valence-corrected chi connectivity index (χ1v) is 7.89. The Labute approximate surface area is 143 Å². The number of hydrogen-bond acceptors (Lipinski definition) is 4. The molecule has 7 heteroatoms. The first-order valence-electron chi connectivity index (χ1n) is 7.89. The number of nitrogens with one attached hydrogen (secondary N) is 1. The molecule has 1 aromatic carbocycles. The molecular formula is C18H19F2N3O2. The number of aliphatic hydroxyl groups excluding tert-OH is 1. The number of fused-ring (bicyclic) bond motifs is 1. The molecule has 1 atom stereocenters. The second kappa shape index (κ2) is 7.58. The summed E-state index contributed by atoms with van der Waals surface area (Å²) < 4.78 is 30.6. The van der Waals surface area contributed by atoms with E-state index in [0.29, 0.717) is 18.7 Å². The normalized spacial score (nSPS) is 12.7. The first kappa shape index (κ1) is 17.3. The number of imidazole rings is 1. The summed E-state index contributed by atoms with van der Waals surface area (Å²) in [6.45, 7) is 0.0270. The van der Waals surface area contributed by atoms with E-state index >= 15 is 0 Å². The molecule has 0 fully saturated rings. The lowest BCUT2D eigenvalue weighted by molar-refractivity contribution is -0.0498. The van der Waals surface area contributed by atoms with Crippen LogP contribution in [0.3, 0.4) is 0 Å². The molecule has 1 unspecified atom stereocenters. The van der Waals surface area contributed by atoms with Gasteiger partial charge in [0.1, 0.15) is 11.4 Å². The van der Waals surface area contributed by atoms with Crippen LogP contribution in [-0.2, 0) is 6.54 Å². The van der Waals surface area contributed by atoms with Crippen LogP contribution in [0.1, 0.15) is 22.9 Å². The smallest absolute Gasteiger partial charge is 0.387 e. The third kappa shape index (κ3) is 4.12. The summed E-state index contributed by atoms with van der Waals surface area (Å²) in [5.41, 5.74) is 3.63. The topological polar surface area (TPSA) is 58.8 Å². The van der Waals surface area contributed by atoms with E-state index in [0.717, 1.165) is 16.9 Å². The number of hydrogen-bond donors (Lipinski definition) is 2. The van der Waals surface area contributed by atoms with Gasteiger partial charge >= 0.3 is 6.61 Å². The third-order valence-electron chi connectivity index (χ3n) is 3.94. The average molecular weight is 347 g/mol. The van der Waals surface area contributed by atoms with Crippen LogP contribution in [0.4, 0.5) is 8.78 Å². The highest BCUT2D eigenvalue weighted by Crippen LogP contribution is 2.19. The molecule has 0 amide bonds. The van der Waals surface area contributed by atoms with Crippen molar-refractivity contribution < 1.29 is 18.6 Å². The molecule has 0 radical (unpaired) electrons. The largest absolute Gasteiger partial charge is 0.435 e. The second-order valence-corrected chi connectivity index (χ2v) is 5.73. The molecule has 0 aliphatic rings. The maximum atomic E-state index is 12.1. The first-order chi connectivity index (χ1) is 12.0. The SMILES string of the molecule is Cc1cccn2c(CNCC(O)c3ccc(OC(F)F)cc3)cnc12. The van der Waals surface area contributed by atoms with Crippen molar-refractivity contribution in [1.82, 2.24) is 14.7 Å². The van der Waals surface area contributed by atoms with Crippen molar-refractivity contribution in [1.29, 1.82) is 0 Å². The van der Waals surface area contributed by atoms with Gasteiger partial charge in [-0.25, -0.2) is 4.98 Å². The number of nitrogens with zero attached hydrogens (tertiary/aromatic N) is 2. The molecule has 25 heavy (non-hydrogen) atoms. The highest BCUT2D eigenvalue weighted by molar-refractivity contribution is 5.48. The van der Waals surface area contributed by atoms with Crippen LogP contribution in [0, 0.1) is 6.92 Å². The van der Waals surface area contributed by atoms with Gasteiger partial charge in [-0.15, -0.1) is 0 Å². The molecule has 0 bridgehead atoms. The van der Waals surface area contributed by atoms with Gasteiger partial charge < -0.3 is 19.6 Å². The van der Waals surface area contributed by atoms with Gasteiger partial charge in [0, 0.05) is 19.3 Å². The number of pyridine rings is 1. The zero-order chi connectivity index (χ0) is 17.8. The molecule has 5 nitrogen and oxygen atoms in total. The fourth-order valence-corrected chi connectivity index (χ4v) is 2.66. The Morgan fingerprint density at radius 3 is 2.72 bits per heavy atom. The van der Waals surface area contributed by atoms with Gasteiger partial charge in [-0.3, -0.25) is 0 Å². The van der Waals surface area contributed by atoms with Crippen LogP contribution in [0.2, 0.25) is 0 Å². The predicted molar refractivity (Wildman–Crippen MR) is 89.7 cm³/mol. The van der Waals surface area contributed by atoms with Gasteiger partial charge in [-0.1, -0.05) is 18.2 Å². The van der Waals surface area contributed by atoms with Crippen LogP contribution in [-0.4, -0.2) is 27.6 Å². The van der Waals surface area contributed by atoms with E-state index in [9.17, 15) is 13.9 Å². The molecule has 0 saturated carbocycles. The summed E-state index contributed by atoms with van der Waals surface area (Å²) in [7, 11) is 0. The summed E-state index contributed by atoms with van der Waals surface area (Å²) in [5.74, 6) is 0.0695. The lowest BCUT2D eigenvalue weighted by Gasteiger charge is -2.13. The number of alkyl halides is 2. The number of aliphatic hydroxyl groups is 1. The zero-order valence-electron chi connectivity index (χ0n) is 13.7. The molecule has 0 aliphatic carbocycles. The molecule has 132 valence electrons. The number of benzene rings is 1. The number of aryl methyl sites for hydroxylation is 1. The van der Waals surface area contributed by atoms with Crippen molar-refractivity contribution >= 4 is 5.65 Å². The lowest BCUT2D eigenvalue weighted by atomic mass is 10.1. The van der Waals surface area contributed by atoms with Crippen molar-refractivity contribution in [2.24, 2.45) is 0 Å². The highest BCUT2D eigenvalue weighted by Gasteiger charge is 2.10. The zero-order valence-corrected chi connectivity index (χ0v) is 13.7. The fraction of sp³-hybridized carbons (Fsp3) is 0.278. The van der Waals surface area contributed by atoms with E-state index in [2.05, 4.69) is 15.0 Å². The maximum Gasteiger partial charge on any atom is 0.387 e. The molecule has 2 heterocycles. The lowest BCUT2D eigenvalue weighted by Crippen LogP contribution is -2.21. The van der Waals surface area contributed by atoms with E-state index in [1.54, 1.807) is 18.3 Å². The minimum Gasteiger partial charge on any atom is -0.435 e. The molecule has 0 saturated heterocycles. The number of rotatable bonds is 7. The third-order valence-corrected chi connectivity index (χ3v) is 3.94. The Hall–Kier alpha value is -2.51. The Morgan fingerprint density at radius 1 is 1.24 bits per heavy atom. The average Bonchev–Trinajstić information content (AvgIpc) is 2.99. The molecule has 2 aromatic heterocycles. The summed E-state index contributed by atoms with van der Waals surface area (Å²) in [5, 5.41) is 13.4. The number of ether oxygens (including phenoxy) is 1. The monoisotopic (exact) mass is 347 g/mol. The molecule has 2 N–H and O–H groups in total. The fourth-order valence-electron chi connectivity index (χ4n) is 2.66. The predicted octanol–water partition coefficient (Wildman–Crippen LogP) is 3.07. The van der Waals surface area contributed by atoms with Crippen molar-refractivity contribution in [2.75, 3.05) is 6.54 Å². The van der Waals surface area contributed by atoms with Crippen molar-refractivity contribution in [3.05, 3.63) is 65.6 Å². The molecule has 0 spiro atoms. The summed E-state index contributed by atoms with van der Waals surface area (Å²) in [6.07, 6.45) is 3.00. The Bertz CT molecular complexity index is 834. The molecule has 0 aliphatic heterocycles. The van der Waals surface area contributed by atoms with Gasteiger partial charge in [0.25, 0.3) is 0 Å². The van der Waals surface area contributed by atoms with E-state index in [4.69, 9.17) is 0 Å².